The van der Waals surface area contributed by atoms with Gasteiger partial charge in [-0.1, -0.05) is 18.1 Å². The van der Waals surface area contributed by atoms with Crippen molar-refractivity contribution >= 4 is 50.6 Å². The molecule has 1 heterocycles. The number of nitrogens with zero attached hydrogens (tertiary/aromatic N) is 2. The van der Waals surface area contributed by atoms with Gasteiger partial charge in [-0.15, -0.1) is 6.42 Å². The third kappa shape index (κ3) is 5.30. The van der Waals surface area contributed by atoms with Crippen molar-refractivity contribution in [1.29, 1.82) is 0 Å². The number of nitro groups is 1. The Morgan fingerprint density at radius 1 is 1.28 bits per heavy atom. The topological polar surface area (TPSA) is 99.0 Å². The first-order valence-corrected chi connectivity index (χ1v) is 11.0. The highest BCUT2D eigenvalue weighted by Crippen LogP contribution is 2.39. The maximum Gasteiger partial charge on any atom is 0.294 e. The van der Waals surface area contributed by atoms with Gasteiger partial charge >= 0.3 is 0 Å². The fourth-order valence-electron chi connectivity index (χ4n) is 2.87. The lowest BCUT2D eigenvalue weighted by molar-refractivity contribution is -0.384. The van der Waals surface area contributed by atoms with Gasteiger partial charge in [0.15, 0.2) is 11.5 Å². The van der Waals surface area contributed by atoms with Crippen molar-refractivity contribution in [3.63, 3.8) is 0 Å². The van der Waals surface area contributed by atoms with E-state index in [1.54, 1.807) is 30.3 Å². The lowest BCUT2D eigenvalue weighted by Gasteiger charge is -2.15. The second kappa shape index (κ2) is 10.3. The first-order chi connectivity index (χ1) is 15.3. The Balaban J connectivity index is 1.86. The Morgan fingerprint density at radius 2 is 2.06 bits per heavy atom. The van der Waals surface area contributed by atoms with Crippen molar-refractivity contribution in [2.24, 2.45) is 0 Å². The molecular weight excluding hydrogens is 500 g/mol. The molecule has 1 aliphatic heterocycles. The van der Waals surface area contributed by atoms with Crippen LogP contribution in [0, 0.1) is 22.5 Å². The summed E-state index contributed by atoms with van der Waals surface area (Å²) in [5, 5.41) is 10.6. The normalized spacial score (nSPS) is 14.5. The largest absolute Gasteiger partial charge is 0.490 e. The highest BCUT2D eigenvalue weighted by molar-refractivity contribution is 9.10. The number of halogens is 1. The van der Waals surface area contributed by atoms with Gasteiger partial charge in [0.05, 0.1) is 27.5 Å². The second-order valence-electron chi connectivity index (χ2n) is 6.45. The molecule has 0 aliphatic carbocycles. The van der Waals surface area contributed by atoms with Gasteiger partial charge in [0.2, 0.25) is 0 Å². The molecule has 1 saturated heterocycles. The molecule has 0 unspecified atom stereocenters. The van der Waals surface area contributed by atoms with Crippen LogP contribution in [0.15, 0.2) is 45.8 Å². The van der Waals surface area contributed by atoms with Gasteiger partial charge in [0.1, 0.15) is 6.61 Å². The Morgan fingerprint density at radius 3 is 2.75 bits per heavy atom. The van der Waals surface area contributed by atoms with Crippen molar-refractivity contribution in [3.8, 4) is 23.8 Å². The molecule has 1 aliphatic rings. The smallest absolute Gasteiger partial charge is 0.294 e. The predicted octanol–water partition coefficient (Wildman–Crippen LogP) is 5.00. The van der Waals surface area contributed by atoms with Crippen LogP contribution in [0.25, 0.3) is 6.08 Å². The van der Waals surface area contributed by atoms with Gasteiger partial charge < -0.3 is 9.47 Å². The summed E-state index contributed by atoms with van der Waals surface area (Å²) in [6.45, 7) is 2.18. The van der Waals surface area contributed by atoms with Crippen molar-refractivity contribution < 1.29 is 24.0 Å². The molecule has 0 aromatic heterocycles. The quantitative estimate of drug-likeness (QED) is 0.210. The van der Waals surface area contributed by atoms with Crippen molar-refractivity contribution in [3.05, 3.63) is 67.0 Å². The molecule has 164 valence electrons. The number of imide groups is 1. The Hall–Kier alpha value is -3.29. The maximum atomic E-state index is 12.4. The van der Waals surface area contributed by atoms with Crippen LogP contribution >= 0.6 is 27.7 Å². The Kier molecular flexibility index (Phi) is 7.56. The van der Waals surface area contributed by atoms with Crippen molar-refractivity contribution in [2.75, 3.05) is 13.2 Å². The summed E-state index contributed by atoms with van der Waals surface area (Å²) in [6, 6.07) is 9.57. The summed E-state index contributed by atoms with van der Waals surface area (Å²) in [4.78, 5) is 36.2. The average Bonchev–Trinajstić information content (AvgIpc) is 3.01. The van der Waals surface area contributed by atoms with Crippen LogP contribution in [-0.4, -0.2) is 34.1 Å². The molecule has 2 amide bonds. The number of amides is 2. The second-order valence-corrected chi connectivity index (χ2v) is 8.30. The Bertz CT molecular complexity index is 1160. The van der Waals surface area contributed by atoms with Gasteiger partial charge in [-0.25, -0.2) is 0 Å². The summed E-state index contributed by atoms with van der Waals surface area (Å²) in [6.07, 6.45) is 6.80. The zero-order valence-electron chi connectivity index (χ0n) is 16.9. The van der Waals surface area contributed by atoms with Crippen LogP contribution in [0.4, 0.5) is 10.5 Å². The number of hydrogen-bond donors (Lipinski definition) is 0. The minimum Gasteiger partial charge on any atom is -0.490 e. The average molecular weight is 517 g/mol. The molecule has 8 nitrogen and oxygen atoms in total. The van der Waals surface area contributed by atoms with E-state index in [1.165, 1.54) is 12.1 Å². The van der Waals surface area contributed by atoms with Crippen LogP contribution in [0.1, 0.15) is 18.1 Å². The van der Waals surface area contributed by atoms with E-state index in [4.69, 9.17) is 15.9 Å². The molecule has 2 aromatic carbocycles. The number of benzene rings is 2. The van der Waals surface area contributed by atoms with E-state index in [0.29, 0.717) is 33.7 Å². The molecular formula is C22H17BrN2O6S. The zero-order valence-corrected chi connectivity index (χ0v) is 19.3. The first-order valence-electron chi connectivity index (χ1n) is 9.35. The lowest BCUT2D eigenvalue weighted by Crippen LogP contribution is -2.28. The van der Waals surface area contributed by atoms with Gasteiger partial charge in [-0.2, -0.15) is 0 Å². The van der Waals surface area contributed by atoms with Crippen LogP contribution in [0.3, 0.4) is 0 Å². The third-order valence-corrected chi connectivity index (χ3v) is 5.75. The molecule has 10 heteroatoms. The van der Waals surface area contributed by atoms with Crippen molar-refractivity contribution in [2.45, 2.75) is 13.5 Å². The van der Waals surface area contributed by atoms with Crippen molar-refractivity contribution in [1.82, 2.24) is 4.90 Å². The Labute approximate surface area is 196 Å². The molecule has 0 saturated carbocycles. The fourth-order valence-corrected chi connectivity index (χ4v) is 4.28. The van der Waals surface area contributed by atoms with Crippen LogP contribution in [-0.2, 0) is 11.4 Å². The van der Waals surface area contributed by atoms with Gasteiger partial charge in [-0.3, -0.25) is 24.6 Å². The summed E-state index contributed by atoms with van der Waals surface area (Å²) in [5.74, 6) is 2.68. The number of carbonyl (C=O) groups excluding carboxylic acids is 2. The molecule has 32 heavy (non-hydrogen) atoms. The van der Waals surface area contributed by atoms with Crippen LogP contribution < -0.4 is 9.47 Å². The van der Waals surface area contributed by atoms with Crippen LogP contribution in [0.5, 0.6) is 11.5 Å². The van der Waals surface area contributed by atoms with E-state index in [2.05, 4.69) is 21.9 Å². The first kappa shape index (κ1) is 23.4. The summed E-state index contributed by atoms with van der Waals surface area (Å²) in [5.41, 5.74) is 1.22. The number of thioether (sulfide) groups is 1. The lowest BCUT2D eigenvalue weighted by atomic mass is 10.1. The predicted molar refractivity (Wildman–Crippen MR) is 124 cm³/mol. The molecule has 0 radical (unpaired) electrons. The van der Waals surface area contributed by atoms with E-state index >= 15 is 0 Å². The van der Waals surface area contributed by atoms with E-state index in [-0.39, 0.29) is 23.7 Å². The zero-order chi connectivity index (χ0) is 23.3. The molecule has 3 rings (SSSR count). The monoisotopic (exact) mass is 516 g/mol. The van der Waals surface area contributed by atoms with Gasteiger partial charge in [0.25, 0.3) is 16.8 Å². The van der Waals surface area contributed by atoms with Gasteiger partial charge in [-0.05, 0) is 64.0 Å². The number of carbonyl (C=O) groups is 2. The molecule has 0 N–H and O–H groups in total. The highest BCUT2D eigenvalue weighted by atomic mass is 79.9. The maximum absolute atomic E-state index is 12.4. The standard InChI is InChI=1S/C22H17BrN2O6S/c1-3-8-24-21(26)19(32-22(24)27)12-15-10-17(23)20(18(11-15)30-4-2)31-13-14-6-5-7-16(9-14)25(28)29/h1,5-7,9-12H,4,8,13H2,2H3/b19-12+. The minimum atomic E-state index is -0.467. The number of non-ortho nitro benzene ring substituents is 1. The number of ether oxygens (including phenoxy) is 2. The molecule has 0 spiro atoms. The molecule has 1 fully saturated rings. The highest BCUT2D eigenvalue weighted by Gasteiger charge is 2.34. The van der Waals surface area contributed by atoms with E-state index < -0.39 is 16.1 Å². The molecule has 0 atom stereocenters. The fraction of sp³-hybridized carbons (Fsp3) is 0.182. The summed E-state index contributed by atoms with van der Waals surface area (Å²) >= 11 is 4.27. The van der Waals surface area contributed by atoms with Crippen LogP contribution in [0.2, 0.25) is 0 Å². The number of rotatable bonds is 8. The number of hydrogen-bond acceptors (Lipinski definition) is 7. The summed E-state index contributed by atoms with van der Waals surface area (Å²) in [7, 11) is 0. The van der Waals surface area contributed by atoms with E-state index in [9.17, 15) is 19.7 Å². The minimum absolute atomic E-state index is 0.0238. The number of terminal acetylenes is 1. The van der Waals surface area contributed by atoms with E-state index in [1.807, 2.05) is 6.92 Å². The SMILES string of the molecule is C#CCN1C(=O)S/C(=C/c2cc(Br)c(OCc3cccc([N+](=O)[O-])c3)c(OCC)c2)C1=O. The number of nitro benzene ring substituents is 1. The van der Waals surface area contributed by atoms with E-state index in [0.717, 1.165) is 16.7 Å². The molecule has 2 aromatic rings. The summed E-state index contributed by atoms with van der Waals surface area (Å²) < 4.78 is 12.1. The molecule has 0 bridgehead atoms. The van der Waals surface area contributed by atoms with Gasteiger partial charge in [0, 0.05) is 12.1 Å². The third-order valence-electron chi connectivity index (χ3n) is 4.26.